The third kappa shape index (κ3) is 2.18. The van der Waals surface area contributed by atoms with Gasteiger partial charge < -0.3 is 0 Å². The highest BCUT2D eigenvalue weighted by molar-refractivity contribution is 6.25. The molecule has 0 bridgehead atoms. The van der Waals surface area contributed by atoms with Gasteiger partial charge in [-0.25, -0.2) is 0 Å². The number of fused-ring (bicyclic) bond motifs is 1. The fraction of sp³-hybridized carbons (Fsp3) is 0.0714. The molecule has 0 heterocycles. The van der Waals surface area contributed by atoms with Gasteiger partial charge in [-0.15, -0.1) is 0 Å². The summed E-state index contributed by atoms with van der Waals surface area (Å²) in [6.45, 7) is 4.33. The van der Waals surface area contributed by atoms with E-state index in [2.05, 4.69) is 98.8 Å². The lowest BCUT2D eigenvalue weighted by Gasteiger charge is -2.15. The molecular weight excluding hydrogens is 336 g/mol. The Balaban J connectivity index is 1.71. The van der Waals surface area contributed by atoms with Crippen molar-refractivity contribution in [2.75, 3.05) is 0 Å². The zero-order chi connectivity index (χ0) is 18.8. The first kappa shape index (κ1) is 15.7. The molecule has 6 aromatic rings. The maximum atomic E-state index is 2.32. The van der Waals surface area contributed by atoms with Gasteiger partial charge in [-0.05, 0) is 79.7 Å². The fourth-order valence-corrected chi connectivity index (χ4v) is 4.76. The van der Waals surface area contributed by atoms with Crippen LogP contribution in [0.1, 0.15) is 11.1 Å². The van der Waals surface area contributed by atoms with Crippen LogP contribution in [-0.2, 0) is 0 Å². The van der Waals surface area contributed by atoms with E-state index in [1.54, 1.807) is 0 Å². The molecule has 6 aromatic carbocycles. The minimum atomic E-state index is 1.28. The normalized spacial score (nSPS) is 11.9. The Labute approximate surface area is 164 Å². The van der Waals surface area contributed by atoms with Crippen molar-refractivity contribution in [3.8, 4) is 11.1 Å². The van der Waals surface area contributed by atoms with Gasteiger partial charge in [0.2, 0.25) is 0 Å². The Morgan fingerprint density at radius 1 is 0.429 bits per heavy atom. The topological polar surface area (TPSA) is 0 Å². The van der Waals surface area contributed by atoms with Gasteiger partial charge in [0.05, 0.1) is 0 Å². The van der Waals surface area contributed by atoms with Crippen molar-refractivity contribution in [1.29, 1.82) is 0 Å². The van der Waals surface area contributed by atoms with Crippen molar-refractivity contribution in [3.63, 3.8) is 0 Å². The van der Waals surface area contributed by atoms with Crippen LogP contribution in [0.3, 0.4) is 0 Å². The molecule has 0 N–H and O–H groups in total. The smallest absolute Gasteiger partial charge is 0.00206 e. The molecule has 28 heavy (non-hydrogen) atoms. The SMILES string of the molecule is Cc1ccc2cc(-c3ccc4ccc5cc(C)cc6ccc3c4c56)ccc2c1. The van der Waals surface area contributed by atoms with E-state index in [0.717, 1.165) is 0 Å². The minimum Gasteiger partial charge on any atom is -0.0587 e. The molecule has 6 rings (SSSR count). The van der Waals surface area contributed by atoms with Crippen LogP contribution in [0.25, 0.3) is 54.2 Å². The number of hydrogen-bond acceptors (Lipinski definition) is 0. The van der Waals surface area contributed by atoms with E-state index in [0.29, 0.717) is 0 Å². The molecule has 0 spiro atoms. The molecule has 0 aromatic heterocycles. The Bertz CT molecular complexity index is 1500. The summed E-state index contributed by atoms with van der Waals surface area (Å²) in [6.07, 6.45) is 0. The number of aryl methyl sites for hydroxylation is 2. The van der Waals surface area contributed by atoms with Crippen LogP contribution in [0.5, 0.6) is 0 Å². The summed E-state index contributed by atoms with van der Waals surface area (Å²) in [5, 5.41) is 10.7. The van der Waals surface area contributed by atoms with E-state index in [4.69, 9.17) is 0 Å². The maximum absolute atomic E-state index is 2.32. The van der Waals surface area contributed by atoms with Gasteiger partial charge in [-0.3, -0.25) is 0 Å². The van der Waals surface area contributed by atoms with E-state index in [1.807, 2.05) is 0 Å². The van der Waals surface area contributed by atoms with Crippen molar-refractivity contribution < 1.29 is 0 Å². The van der Waals surface area contributed by atoms with Crippen molar-refractivity contribution in [3.05, 3.63) is 96.1 Å². The fourth-order valence-electron chi connectivity index (χ4n) is 4.76. The third-order valence-corrected chi connectivity index (χ3v) is 6.05. The van der Waals surface area contributed by atoms with Crippen molar-refractivity contribution in [1.82, 2.24) is 0 Å². The Kier molecular flexibility index (Phi) is 3.11. The second-order valence-electron chi connectivity index (χ2n) is 8.04. The Morgan fingerprint density at radius 2 is 1.04 bits per heavy atom. The monoisotopic (exact) mass is 356 g/mol. The van der Waals surface area contributed by atoms with Crippen LogP contribution >= 0.6 is 0 Å². The summed E-state index contributed by atoms with van der Waals surface area (Å²) in [4.78, 5) is 0. The van der Waals surface area contributed by atoms with Gasteiger partial charge in [-0.2, -0.15) is 0 Å². The highest BCUT2D eigenvalue weighted by Gasteiger charge is 2.12. The van der Waals surface area contributed by atoms with Gasteiger partial charge >= 0.3 is 0 Å². The second kappa shape index (κ2) is 5.56. The van der Waals surface area contributed by atoms with E-state index < -0.39 is 0 Å². The lowest BCUT2D eigenvalue weighted by atomic mass is 9.89. The van der Waals surface area contributed by atoms with Crippen molar-refractivity contribution in [2.45, 2.75) is 13.8 Å². The number of benzene rings is 6. The molecule has 0 amide bonds. The van der Waals surface area contributed by atoms with Gasteiger partial charge in [0.1, 0.15) is 0 Å². The predicted molar refractivity (Wildman–Crippen MR) is 123 cm³/mol. The average Bonchev–Trinajstić information content (AvgIpc) is 2.71. The quantitative estimate of drug-likeness (QED) is 0.262. The molecule has 0 aliphatic heterocycles. The van der Waals surface area contributed by atoms with E-state index in [-0.39, 0.29) is 0 Å². The molecule has 0 aliphatic rings. The standard InChI is InChI=1S/C28H20/c1-17-3-4-21-16-22(7-6-20(21)13-17)25-11-9-19-5-8-23-14-18(2)15-24-10-12-26(25)28(19)27(23)24/h3-16H,1-2H3. The van der Waals surface area contributed by atoms with Crippen LogP contribution in [0.2, 0.25) is 0 Å². The van der Waals surface area contributed by atoms with E-state index in [1.165, 1.54) is 65.3 Å². The van der Waals surface area contributed by atoms with Gasteiger partial charge in [-0.1, -0.05) is 84.4 Å². The van der Waals surface area contributed by atoms with Crippen LogP contribution in [0.15, 0.2) is 84.9 Å². The van der Waals surface area contributed by atoms with Crippen LogP contribution in [0.4, 0.5) is 0 Å². The Morgan fingerprint density at radius 3 is 1.89 bits per heavy atom. The molecule has 0 saturated heterocycles. The first-order chi connectivity index (χ1) is 13.7. The minimum absolute atomic E-state index is 1.28. The zero-order valence-electron chi connectivity index (χ0n) is 16.1. The number of rotatable bonds is 1. The van der Waals surface area contributed by atoms with E-state index >= 15 is 0 Å². The largest absolute Gasteiger partial charge is 0.0587 e. The molecular formula is C28H20. The first-order valence-electron chi connectivity index (χ1n) is 9.86. The molecule has 0 radical (unpaired) electrons. The molecule has 0 atom stereocenters. The first-order valence-corrected chi connectivity index (χ1v) is 9.86. The predicted octanol–water partition coefficient (Wildman–Crippen LogP) is 8.02. The summed E-state index contributed by atoms with van der Waals surface area (Å²) >= 11 is 0. The lowest BCUT2D eigenvalue weighted by molar-refractivity contribution is 1.51. The molecule has 0 heteroatoms. The zero-order valence-corrected chi connectivity index (χ0v) is 16.1. The molecule has 0 nitrogen and oxygen atoms in total. The summed E-state index contributed by atoms with van der Waals surface area (Å²) in [7, 11) is 0. The molecule has 0 fully saturated rings. The Hall–Kier alpha value is -3.38. The van der Waals surface area contributed by atoms with Crippen molar-refractivity contribution in [2.24, 2.45) is 0 Å². The van der Waals surface area contributed by atoms with Crippen LogP contribution in [0, 0.1) is 13.8 Å². The molecule has 0 aliphatic carbocycles. The summed E-state index contributed by atoms with van der Waals surface area (Å²) < 4.78 is 0. The maximum Gasteiger partial charge on any atom is -0.00206 e. The molecule has 132 valence electrons. The molecule has 0 saturated carbocycles. The van der Waals surface area contributed by atoms with E-state index in [9.17, 15) is 0 Å². The highest BCUT2D eigenvalue weighted by atomic mass is 14.2. The second-order valence-corrected chi connectivity index (χ2v) is 8.04. The summed E-state index contributed by atoms with van der Waals surface area (Å²) in [5.74, 6) is 0. The van der Waals surface area contributed by atoms with Gasteiger partial charge in [0.25, 0.3) is 0 Å². The highest BCUT2D eigenvalue weighted by Crippen LogP contribution is 2.40. The average molecular weight is 356 g/mol. The van der Waals surface area contributed by atoms with Gasteiger partial charge in [0.15, 0.2) is 0 Å². The third-order valence-electron chi connectivity index (χ3n) is 6.05. The molecule has 0 unspecified atom stereocenters. The lowest BCUT2D eigenvalue weighted by Crippen LogP contribution is -1.88. The van der Waals surface area contributed by atoms with Gasteiger partial charge in [0, 0.05) is 0 Å². The van der Waals surface area contributed by atoms with Crippen molar-refractivity contribution >= 4 is 43.1 Å². The summed E-state index contributed by atoms with van der Waals surface area (Å²) in [6, 6.07) is 31.8. The van der Waals surface area contributed by atoms with Crippen LogP contribution < -0.4 is 0 Å². The number of hydrogen-bond donors (Lipinski definition) is 0. The van der Waals surface area contributed by atoms with Crippen LogP contribution in [-0.4, -0.2) is 0 Å². The summed E-state index contributed by atoms with van der Waals surface area (Å²) in [5.41, 5.74) is 5.21.